The molecule has 0 saturated carbocycles. The van der Waals surface area contributed by atoms with Gasteiger partial charge in [-0.15, -0.1) is 0 Å². The molecule has 20 heavy (non-hydrogen) atoms. The van der Waals surface area contributed by atoms with Gasteiger partial charge in [0.15, 0.2) is 0 Å². The zero-order chi connectivity index (χ0) is 14.6. The predicted octanol–water partition coefficient (Wildman–Crippen LogP) is 3.51. The molecule has 0 bridgehead atoms. The number of morpholine rings is 1. The van der Waals surface area contributed by atoms with Crippen LogP contribution in [-0.2, 0) is 4.74 Å². The van der Waals surface area contributed by atoms with Crippen LogP contribution in [0.4, 0.5) is 8.78 Å². The summed E-state index contributed by atoms with van der Waals surface area (Å²) in [5.41, 5.74) is 0.802. The molecule has 1 saturated heterocycles. The molecular weight excluding hydrogens is 264 g/mol. The highest BCUT2D eigenvalue weighted by Crippen LogP contribution is 2.31. The van der Waals surface area contributed by atoms with Crippen LogP contribution in [0.1, 0.15) is 38.4 Å². The summed E-state index contributed by atoms with van der Waals surface area (Å²) in [5, 5.41) is 3.38. The van der Waals surface area contributed by atoms with Crippen LogP contribution in [0, 0.1) is 0 Å². The molecule has 1 aliphatic heterocycles. The van der Waals surface area contributed by atoms with E-state index in [4.69, 9.17) is 4.74 Å². The van der Waals surface area contributed by atoms with E-state index in [-0.39, 0.29) is 17.5 Å². The van der Waals surface area contributed by atoms with Gasteiger partial charge in [0.25, 0.3) is 0 Å². The number of halogens is 2. The minimum Gasteiger partial charge on any atom is -0.435 e. The lowest BCUT2D eigenvalue weighted by atomic mass is 9.96. The van der Waals surface area contributed by atoms with Gasteiger partial charge in [-0.1, -0.05) is 25.5 Å². The van der Waals surface area contributed by atoms with Crippen molar-refractivity contribution in [1.29, 1.82) is 0 Å². The maximum Gasteiger partial charge on any atom is 0.387 e. The highest BCUT2D eigenvalue weighted by Gasteiger charge is 2.32. The molecule has 3 nitrogen and oxygen atoms in total. The lowest BCUT2D eigenvalue weighted by Gasteiger charge is -2.39. The van der Waals surface area contributed by atoms with Gasteiger partial charge in [-0.25, -0.2) is 0 Å². The number of hydrogen-bond donors (Lipinski definition) is 1. The highest BCUT2D eigenvalue weighted by molar-refractivity contribution is 5.29. The Morgan fingerprint density at radius 1 is 1.40 bits per heavy atom. The van der Waals surface area contributed by atoms with Crippen LogP contribution in [-0.4, -0.2) is 25.3 Å². The molecule has 2 atom stereocenters. The summed E-state index contributed by atoms with van der Waals surface area (Å²) < 4.78 is 34.7. The van der Waals surface area contributed by atoms with Crippen molar-refractivity contribution in [2.45, 2.75) is 45.0 Å². The standard InChI is InChI=1S/C15H21F2NO2/c1-3-8-15(2)10-18-9-13(20-15)11-4-6-12(7-5-11)19-14(16)17/h4-7,13-14,18H,3,8-10H2,1-2H3. The molecule has 2 rings (SSSR count). The number of ether oxygens (including phenoxy) is 2. The Morgan fingerprint density at radius 3 is 2.70 bits per heavy atom. The molecule has 0 aliphatic carbocycles. The van der Waals surface area contributed by atoms with Crippen LogP contribution in [0.15, 0.2) is 24.3 Å². The molecule has 1 aromatic carbocycles. The van der Waals surface area contributed by atoms with Gasteiger partial charge in [-0.2, -0.15) is 8.78 Å². The summed E-state index contributed by atoms with van der Waals surface area (Å²) >= 11 is 0. The van der Waals surface area contributed by atoms with Crippen LogP contribution < -0.4 is 10.1 Å². The maximum absolute atomic E-state index is 12.1. The third-order valence-corrected chi connectivity index (χ3v) is 3.51. The molecule has 1 N–H and O–H groups in total. The molecule has 0 spiro atoms. The first-order valence-corrected chi connectivity index (χ1v) is 6.96. The summed E-state index contributed by atoms with van der Waals surface area (Å²) in [6, 6.07) is 6.66. The molecule has 1 fully saturated rings. The Kier molecular flexibility index (Phi) is 4.94. The molecule has 0 aromatic heterocycles. The third-order valence-electron chi connectivity index (χ3n) is 3.51. The van der Waals surface area contributed by atoms with Gasteiger partial charge < -0.3 is 14.8 Å². The molecule has 1 heterocycles. The van der Waals surface area contributed by atoms with Gasteiger partial charge in [-0.05, 0) is 31.0 Å². The summed E-state index contributed by atoms with van der Waals surface area (Å²) in [6.07, 6.45) is 2.00. The predicted molar refractivity (Wildman–Crippen MR) is 73.1 cm³/mol. The van der Waals surface area contributed by atoms with E-state index in [0.717, 1.165) is 31.5 Å². The van der Waals surface area contributed by atoms with Crippen LogP contribution in [0.5, 0.6) is 5.75 Å². The van der Waals surface area contributed by atoms with E-state index in [1.165, 1.54) is 0 Å². The Balaban J connectivity index is 2.03. The Hall–Kier alpha value is -1.20. The van der Waals surface area contributed by atoms with Crippen molar-refractivity contribution in [3.05, 3.63) is 29.8 Å². The summed E-state index contributed by atoms with van der Waals surface area (Å²) in [5.74, 6) is 0.170. The lowest BCUT2D eigenvalue weighted by molar-refractivity contribution is -0.112. The SMILES string of the molecule is CCCC1(C)CNCC(c2ccc(OC(F)F)cc2)O1. The van der Waals surface area contributed by atoms with Crippen molar-refractivity contribution >= 4 is 0 Å². The summed E-state index contributed by atoms with van der Waals surface area (Å²) in [6.45, 7) is 3.01. The molecule has 1 aliphatic rings. The van der Waals surface area contributed by atoms with Gasteiger partial charge >= 0.3 is 6.61 Å². The van der Waals surface area contributed by atoms with E-state index in [9.17, 15) is 8.78 Å². The molecule has 112 valence electrons. The van der Waals surface area contributed by atoms with Crippen molar-refractivity contribution in [2.24, 2.45) is 0 Å². The van der Waals surface area contributed by atoms with E-state index in [0.29, 0.717) is 0 Å². The summed E-state index contributed by atoms with van der Waals surface area (Å²) in [4.78, 5) is 0. The first-order valence-electron chi connectivity index (χ1n) is 6.96. The first kappa shape index (κ1) is 15.2. The quantitative estimate of drug-likeness (QED) is 0.898. The number of nitrogens with one attached hydrogen (secondary N) is 1. The van der Waals surface area contributed by atoms with Gasteiger partial charge in [0.2, 0.25) is 0 Å². The van der Waals surface area contributed by atoms with Crippen molar-refractivity contribution in [3.8, 4) is 5.75 Å². The zero-order valence-corrected chi connectivity index (χ0v) is 11.9. The van der Waals surface area contributed by atoms with Gasteiger partial charge in [0, 0.05) is 13.1 Å². The van der Waals surface area contributed by atoms with Crippen molar-refractivity contribution in [2.75, 3.05) is 13.1 Å². The van der Waals surface area contributed by atoms with Crippen molar-refractivity contribution in [3.63, 3.8) is 0 Å². The topological polar surface area (TPSA) is 30.5 Å². The van der Waals surface area contributed by atoms with Crippen molar-refractivity contribution < 1.29 is 18.3 Å². The maximum atomic E-state index is 12.1. The number of alkyl halides is 2. The fraction of sp³-hybridized carbons (Fsp3) is 0.600. The van der Waals surface area contributed by atoms with E-state index in [1.54, 1.807) is 24.3 Å². The van der Waals surface area contributed by atoms with Gasteiger partial charge in [0.05, 0.1) is 11.7 Å². The van der Waals surface area contributed by atoms with E-state index in [2.05, 4.69) is 23.9 Å². The second-order valence-corrected chi connectivity index (χ2v) is 5.38. The number of rotatable bonds is 5. The minimum atomic E-state index is -2.79. The van der Waals surface area contributed by atoms with Crippen molar-refractivity contribution in [1.82, 2.24) is 5.32 Å². The van der Waals surface area contributed by atoms with Crippen LogP contribution >= 0.6 is 0 Å². The minimum absolute atomic E-state index is 0.0547. The zero-order valence-electron chi connectivity index (χ0n) is 11.9. The molecular formula is C15H21F2NO2. The molecule has 5 heteroatoms. The second kappa shape index (κ2) is 6.50. The summed E-state index contributed by atoms with van der Waals surface area (Å²) in [7, 11) is 0. The molecule has 2 unspecified atom stereocenters. The third kappa shape index (κ3) is 3.90. The molecule has 0 amide bonds. The van der Waals surface area contributed by atoms with E-state index < -0.39 is 6.61 Å². The second-order valence-electron chi connectivity index (χ2n) is 5.38. The largest absolute Gasteiger partial charge is 0.435 e. The number of benzene rings is 1. The van der Waals surface area contributed by atoms with E-state index in [1.807, 2.05) is 0 Å². The Morgan fingerprint density at radius 2 is 2.10 bits per heavy atom. The van der Waals surface area contributed by atoms with Gasteiger partial charge in [-0.3, -0.25) is 0 Å². The Bertz CT molecular complexity index is 420. The molecule has 1 aromatic rings. The van der Waals surface area contributed by atoms with Crippen LogP contribution in [0.2, 0.25) is 0 Å². The smallest absolute Gasteiger partial charge is 0.387 e. The van der Waals surface area contributed by atoms with Gasteiger partial charge in [0.1, 0.15) is 5.75 Å². The fourth-order valence-electron chi connectivity index (χ4n) is 2.62. The van der Waals surface area contributed by atoms with E-state index >= 15 is 0 Å². The normalized spacial score (nSPS) is 26.8. The van der Waals surface area contributed by atoms with Crippen LogP contribution in [0.25, 0.3) is 0 Å². The number of hydrogen-bond acceptors (Lipinski definition) is 3. The fourth-order valence-corrected chi connectivity index (χ4v) is 2.62. The Labute approximate surface area is 118 Å². The van der Waals surface area contributed by atoms with Crippen LogP contribution in [0.3, 0.4) is 0 Å². The first-order chi connectivity index (χ1) is 9.52. The average Bonchev–Trinajstić information content (AvgIpc) is 2.39. The highest BCUT2D eigenvalue weighted by atomic mass is 19.3. The monoisotopic (exact) mass is 285 g/mol. The molecule has 0 radical (unpaired) electrons. The lowest BCUT2D eigenvalue weighted by Crippen LogP contribution is -2.48. The average molecular weight is 285 g/mol.